The van der Waals surface area contributed by atoms with E-state index in [0.717, 1.165) is 66.5 Å². The average Bonchev–Trinajstić information content (AvgIpc) is 2.85. The van der Waals surface area contributed by atoms with E-state index in [-0.39, 0.29) is 0 Å². The molecule has 0 unspecified atom stereocenters. The topological polar surface area (TPSA) is 80.4 Å². The molecule has 5 rings (SSSR count). The number of nitrogen functional groups attached to an aromatic ring is 1. The molecule has 0 aliphatic carbocycles. The van der Waals surface area contributed by atoms with Gasteiger partial charge >= 0.3 is 0 Å². The number of fused-ring (bicyclic) bond motifs is 1. The van der Waals surface area contributed by atoms with Crippen LogP contribution in [0, 0.1) is 0 Å². The number of pyridine rings is 1. The first-order valence-corrected chi connectivity index (χ1v) is 10.8. The molecule has 2 N–H and O–H groups in total. The number of hydrogen-bond acceptors (Lipinski definition) is 7. The summed E-state index contributed by atoms with van der Waals surface area (Å²) in [6, 6.07) is 20.4. The minimum Gasteiger partial charge on any atom is -0.497 e. The Bertz CT molecular complexity index is 1200. The molecule has 1 saturated heterocycles. The number of nitrogens with two attached hydrogens (primary N) is 1. The summed E-state index contributed by atoms with van der Waals surface area (Å²) < 4.78 is 5.27. The summed E-state index contributed by atoms with van der Waals surface area (Å²) in [5, 5.41) is 11.6. The molecule has 2 aromatic carbocycles. The lowest BCUT2D eigenvalue weighted by Gasteiger charge is -2.36. The molecule has 7 nitrogen and oxygen atoms in total. The molecule has 1 aliphatic heterocycles. The third-order valence-electron chi connectivity index (χ3n) is 5.95. The molecule has 4 aromatic rings. The zero-order chi connectivity index (χ0) is 21.9. The minimum absolute atomic E-state index is 0.684. The molecule has 0 bridgehead atoms. The molecule has 0 saturated carbocycles. The molecule has 1 aliphatic rings. The molecular weight excluding hydrogens is 400 g/mol. The Balaban J connectivity index is 1.37. The van der Waals surface area contributed by atoms with Crippen molar-refractivity contribution in [3.63, 3.8) is 0 Å². The van der Waals surface area contributed by atoms with Crippen LogP contribution in [-0.2, 0) is 6.42 Å². The first-order valence-electron chi connectivity index (χ1n) is 10.8. The van der Waals surface area contributed by atoms with Crippen molar-refractivity contribution in [1.82, 2.24) is 15.2 Å². The lowest BCUT2D eigenvalue weighted by atomic mass is 10.0. The SMILES string of the molecule is COc1ccc(Cc2nnc(N3CCN(c4ccc(N)cn4)CC3)c3ccccc23)cc1. The summed E-state index contributed by atoms with van der Waals surface area (Å²) >= 11 is 0. The van der Waals surface area contributed by atoms with Crippen LogP contribution >= 0.6 is 0 Å². The Morgan fingerprint density at radius 1 is 0.844 bits per heavy atom. The number of methoxy groups -OCH3 is 1. The quantitative estimate of drug-likeness (QED) is 0.523. The van der Waals surface area contributed by atoms with Crippen LogP contribution in [0.2, 0.25) is 0 Å². The zero-order valence-electron chi connectivity index (χ0n) is 18.1. The van der Waals surface area contributed by atoms with Gasteiger partial charge in [-0.2, -0.15) is 5.10 Å². The number of nitrogens with zero attached hydrogens (tertiary/aromatic N) is 5. The molecule has 32 heavy (non-hydrogen) atoms. The van der Waals surface area contributed by atoms with Crippen LogP contribution in [0.25, 0.3) is 10.8 Å². The number of ether oxygens (including phenoxy) is 1. The summed E-state index contributed by atoms with van der Waals surface area (Å²) in [5.74, 6) is 2.77. The maximum atomic E-state index is 5.77. The fourth-order valence-electron chi connectivity index (χ4n) is 4.18. The van der Waals surface area contributed by atoms with Gasteiger partial charge in [-0.1, -0.05) is 36.4 Å². The molecule has 3 heterocycles. The highest BCUT2D eigenvalue weighted by atomic mass is 16.5. The van der Waals surface area contributed by atoms with Crippen LogP contribution in [0.5, 0.6) is 5.75 Å². The summed E-state index contributed by atoms with van der Waals surface area (Å²) in [7, 11) is 1.68. The second kappa shape index (κ2) is 8.70. The molecule has 0 amide bonds. The first-order chi connectivity index (χ1) is 15.7. The number of piperazine rings is 1. The number of rotatable bonds is 5. The van der Waals surface area contributed by atoms with Crippen LogP contribution < -0.4 is 20.3 Å². The van der Waals surface area contributed by atoms with Gasteiger partial charge in [-0.05, 0) is 29.8 Å². The van der Waals surface area contributed by atoms with E-state index in [1.54, 1.807) is 13.3 Å². The summed E-state index contributed by atoms with van der Waals surface area (Å²) in [5.41, 5.74) is 8.62. The van der Waals surface area contributed by atoms with Gasteiger partial charge in [-0.25, -0.2) is 4.98 Å². The maximum Gasteiger partial charge on any atom is 0.159 e. The Morgan fingerprint density at radius 2 is 1.56 bits per heavy atom. The summed E-state index contributed by atoms with van der Waals surface area (Å²) in [6.45, 7) is 3.48. The van der Waals surface area contributed by atoms with E-state index in [2.05, 4.69) is 61.4 Å². The molecule has 7 heteroatoms. The second-order valence-electron chi connectivity index (χ2n) is 7.96. The number of anilines is 3. The molecule has 162 valence electrons. The third-order valence-corrected chi connectivity index (χ3v) is 5.95. The van der Waals surface area contributed by atoms with Crippen LogP contribution in [0.1, 0.15) is 11.3 Å². The van der Waals surface area contributed by atoms with Gasteiger partial charge in [0.2, 0.25) is 0 Å². The predicted molar refractivity (Wildman–Crippen MR) is 128 cm³/mol. The van der Waals surface area contributed by atoms with Crippen molar-refractivity contribution < 1.29 is 4.74 Å². The van der Waals surface area contributed by atoms with Crippen molar-refractivity contribution in [1.29, 1.82) is 0 Å². The molecule has 0 spiro atoms. The van der Waals surface area contributed by atoms with Crippen molar-refractivity contribution >= 4 is 28.1 Å². The number of hydrogen-bond donors (Lipinski definition) is 1. The van der Waals surface area contributed by atoms with E-state index in [4.69, 9.17) is 10.5 Å². The van der Waals surface area contributed by atoms with Gasteiger partial charge in [0.15, 0.2) is 5.82 Å². The summed E-state index contributed by atoms with van der Waals surface area (Å²) in [6.07, 6.45) is 2.44. The fraction of sp³-hybridized carbons (Fsp3) is 0.240. The summed E-state index contributed by atoms with van der Waals surface area (Å²) in [4.78, 5) is 9.06. The van der Waals surface area contributed by atoms with Crippen molar-refractivity contribution in [3.05, 3.63) is 78.1 Å². The van der Waals surface area contributed by atoms with Gasteiger partial charge in [0.05, 0.1) is 24.7 Å². The molecule has 1 fully saturated rings. The largest absolute Gasteiger partial charge is 0.497 e. The molecule has 2 aromatic heterocycles. The lowest BCUT2D eigenvalue weighted by Crippen LogP contribution is -2.47. The van der Waals surface area contributed by atoms with Gasteiger partial charge in [0.25, 0.3) is 0 Å². The average molecular weight is 427 g/mol. The van der Waals surface area contributed by atoms with Crippen LogP contribution in [-0.4, -0.2) is 48.5 Å². The van der Waals surface area contributed by atoms with Gasteiger partial charge in [0.1, 0.15) is 11.6 Å². The fourth-order valence-corrected chi connectivity index (χ4v) is 4.18. The van der Waals surface area contributed by atoms with E-state index in [1.807, 2.05) is 24.3 Å². The van der Waals surface area contributed by atoms with E-state index in [9.17, 15) is 0 Å². The highest BCUT2D eigenvalue weighted by molar-refractivity contribution is 5.93. The lowest BCUT2D eigenvalue weighted by molar-refractivity contribution is 0.414. The van der Waals surface area contributed by atoms with Gasteiger partial charge < -0.3 is 20.3 Å². The highest BCUT2D eigenvalue weighted by Gasteiger charge is 2.22. The molecule has 0 radical (unpaired) electrons. The normalized spacial score (nSPS) is 14.0. The van der Waals surface area contributed by atoms with Gasteiger partial charge in [-0.15, -0.1) is 5.10 Å². The van der Waals surface area contributed by atoms with E-state index >= 15 is 0 Å². The van der Waals surface area contributed by atoms with E-state index in [0.29, 0.717) is 5.69 Å². The van der Waals surface area contributed by atoms with Crippen LogP contribution in [0.4, 0.5) is 17.3 Å². The van der Waals surface area contributed by atoms with Gasteiger partial charge in [-0.3, -0.25) is 0 Å². The highest BCUT2D eigenvalue weighted by Crippen LogP contribution is 2.28. The number of aromatic nitrogens is 3. The first kappa shape index (κ1) is 20.1. The van der Waals surface area contributed by atoms with E-state index < -0.39 is 0 Å². The minimum atomic E-state index is 0.684. The Kier molecular flexibility index (Phi) is 5.46. The standard InChI is InChI=1S/C25H26N6O/c1-32-20-9-6-18(7-10-20)16-23-21-4-2-3-5-22(21)25(29-28-23)31-14-12-30(13-15-31)24-11-8-19(26)17-27-24/h2-11,17H,12-16,26H2,1H3. The van der Waals surface area contributed by atoms with Crippen molar-refractivity contribution in [3.8, 4) is 5.75 Å². The zero-order valence-corrected chi connectivity index (χ0v) is 18.1. The maximum absolute atomic E-state index is 5.77. The van der Waals surface area contributed by atoms with Crippen molar-refractivity contribution in [2.45, 2.75) is 6.42 Å². The Labute approximate surface area is 187 Å². The Hall–Kier alpha value is -3.87. The van der Waals surface area contributed by atoms with Crippen molar-refractivity contribution in [2.24, 2.45) is 0 Å². The smallest absolute Gasteiger partial charge is 0.159 e. The monoisotopic (exact) mass is 426 g/mol. The number of benzene rings is 2. The Morgan fingerprint density at radius 3 is 2.25 bits per heavy atom. The van der Waals surface area contributed by atoms with E-state index in [1.165, 1.54) is 5.56 Å². The van der Waals surface area contributed by atoms with Crippen LogP contribution in [0.15, 0.2) is 66.9 Å². The predicted octanol–water partition coefficient (Wildman–Crippen LogP) is 3.53. The van der Waals surface area contributed by atoms with Crippen molar-refractivity contribution in [2.75, 3.05) is 48.8 Å². The molecule has 0 atom stereocenters. The molecular formula is C25H26N6O. The second-order valence-corrected chi connectivity index (χ2v) is 7.96. The third kappa shape index (κ3) is 4.01. The van der Waals surface area contributed by atoms with Gasteiger partial charge in [0, 0.05) is 43.4 Å². The van der Waals surface area contributed by atoms with Crippen LogP contribution in [0.3, 0.4) is 0 Å².